The minimum atomic E-state index is 0.778. The normalized spacial score (nSPS) is 30.5. The monoisotopic (exact) mass is 308 g/mol. The second kappa shape index (κ2) is 8.76. The number of aliphatic imine (C=N–C) groups is 1. The number of likely N-dealkylation sites (tertiary alicyclic amines) is 1. The van der Waals surface area contributed by atoms with Gasteiger partial charge in [-0.1, -0.05) is 26.7 Å². The molecule has 0 radical (unpaired) electrons. The van der Waals surface area contributed by atoms with Crippen molar-refractivity contribution in [3.63, 3.8) is 0 Å². The molecule has 1 saturated heterocycles. The third kappa shape index (κ3) is 5.15. The second-order valence-corrected chi connectivity index (χ2v) is 7.48. The Labute approximate surface area is 137 Å². The van der Waals surface area contributed by atoms with Crippen LogP contribution in [0.4, 0.5) is 0 Å². The van der Waals surface area contributed by atoms with Crippen LogP contribution in [0.25, 0.3) is 0 Å². The van der Waals surface area contributed by atoms with Gasteiger partial charge in [0.15, 0.2) is 5.96 Å². The van der Waals surface area contributed by atoms with Crippen LogP contribution in [0.15, 0.2) is 4.99 Å². The molecular weight excluding hydrogens is 272 g/mol. The number of rotatable bonds is 5. The van der Waals surface area contributed by atoms with E-state index in [1.165, 1.54) is 51.7 Å². The molecular formula is C18H36N4. The van der Waals surface area contributed by atoms with E-state index in [0.717, 1.165) is 36.8 Å². The summed E-state index contributed by atoms with van der Waals surface area (Å²) in [7, 11) is 4.11. The van der Waals surface area contributed by atoms with Gasteiger partial charge < -0.3 is 15.1 Å². The Morgan fingerprint density at radius 1 is 1.18 bits per heavy atom. The Morgan fingerprint density at radius 3 is 2.50 bits per heavy atom. The van der Waals surface area contributed by atoms with E-state index in [1.807, 2.05) is 7.05 Å². The van der Waals surface area contributed by atoms with Crippen LogP contribution in [0.5, 0.6) is 0 Å². The number of hydrogen-bond acceptors (Lipinski definition) is 2. The molecule has 1 aliphatic carbocycles. The summed E-state index contributed by atoms with van der Waals surface area (Å²) in [5.74, 6) is 3.64. The zero-order valence-corrected chi connectivity index (χ0v) is 15.1. The molecule has 0 bridgehead atoms. The Balaban J connectivity index is 1.71. The summed E-state index contributed by atoms with van der Waals surface area (Å²) in [5.41, 5.74) is 0. The van der Waals surface area contributed by atoms with E-state index in [4.69, 9.17) is 0 Å². The summed E-state index contributed by atoms with van der Waals surface area (Å²) in [6, 6.07) is 0. The van der Waals surface area contributed by atoms with Crippen molar-refractivity contribution in [2.75, 3.05) is 46.8 Å². The molecule has 1 unspecified atom stereocenters. The summed E-state index contributed by atoms with van der Waals surface area (Å²) in [6.07, 6.45) is 6.90. The van der Waals surface area contributed by atoms with Crippen LogP contribution >= 0.6 is 0 Å². The van der Waals surface area contributed by atoms with E-state index >= 15 is 0 Å². The molecule has 2 fully saturated rings. The summed E-state index contributed by atoms with van der Waals surface area (Å²) in [4.78, 5) is 9.37. The number of nitrogens with zero attached hydrogens (tertiary/aromatic N) is 3. The molecule has 0 aromatic heterocycles. The Hall–Kier alpha value is -0.770. The molecule has 1 atom stereocenters. The molecule has 0 amide bonds. The lowest BCUT2D eigenvalue weighted by Crippen LogP contribution is -2.43. The standard InChI is InChI=1S/C18H36N4/c1-5-22-11-10-17(14-22)12-20-18(19-3)21(4)13-16-8-6-15(2)7-9-16/h15-17H,5-14H2,1-4H3,(H,19,20). The fraction of sp³-hybridized carbons (Fsp3) is 0.944. The molecule has 0 aromatic carbocycles. The molecule has 2 rings (SSSR count). The molecule has 1 N–H and O–H groups in total. The van der Waals surface area contributed by atoms with Crippen LogP contribution < -0.4 is 5.32 Å². The highest BCUT2D eigenvalue weighted by Crippen LogP contribution is 2.28. The minimum absolute atomic E-state index is 0.778. The average molecular weight is 309 g/mol. The van der Waals surface area contributed by atoms with Gasteiger partial charge in [0, 0.05) is 33.7 Å². The first-order chi connectivity index (χ1) is 10.6. The van der Waals surface area contributed by atoms with Crippen molar-refractivity contribution in [2.45, 2.75) is 46.0 Å². The second-order valence-electron chi connectivity index (χ2n) is 7.48. The topological polar surface area (TPSA) is 30.9 Å². The summed E-state index contributed by atoms with van der Waals surface area (Å²) >= 11 is 0. The molecule has 2 aliphatic rings. The molecule has 4 nitrogen and oxygen atoms in total. The highest BCUT2D eigenvalue weighted by atomic mass is 15.3. The maximum Gasteiger partial charge on any atom is 0.193 e. The fourth-order valence-electron chi connectivity index (χ4n) is 3.97. The van der Waals surface area contributed by atoms with Gasteiger partial charge >= 0.3 is 0 Å². The average Bonchev–Trinajstić information content (AvgIpc) is 2.98. The highest BCUT2D eigenvalue weighted by molar-refractivity contribution is 5.79. The smallest absolute Gasteiger partial charge is 0.193 e. The van der Waals surface area contributed by atoms with Crippen LogP contribution in [0.3, 0.4) is 0 Å². The van der Waals surface area contributed by atoms with Crippen LogP contribution in [-0.4, -0.2) is 62.6 Å². The van der Waals surface area contributed by atoms with Gasteiger partial charge in [0.2, 0.25) is 0 Å². The molecule has 128 valence electrons. The Kier molecular flexibility index (Phi) is 7.00. The van der Waals surface area contributed by atoms with E-state index < -0.39 is 0 Å². The summed E-state index contributed by atoms with van der Waals surface area (Å²) in [6.45, 7) is 10.6. The predicted octanol–water partition coefficient (Wildman–Crippen LogP) is 2.66. The first-order valence-corrected chi connectivity index (χ1v) is 9.26. The molecule has 1 aliphatic heterocycles. The first kappa shape index (κ1) is 17.6. The zero-order valence-electron chi connectivity index (χ0n) is 15.1. The lowest BCUT2D eigenvalue weighted by molar-refractivity contribution is 0.249. The van der Waals surface area contributed by atoms with Crippen molar-refractivity contribution in [1.29, 1.82) is 0 Å². The van der Waals surface area contributed by atoms with E-state index in [2.05, 4.69) is 41.0 Å². The van der Waals surface area contributed by atoms with E-state index in [0.29, 0.717) is 0 Å². The number of guanidine groups is 1. The van der Waals surface area contributed by atoms with Crippen molar-refractivity contribution < 1.29 is 0 Å². The van der Waals surface area contributed by atoms with E-state index in [-0.39, 0.29) is 0 Å². The minimum Gasteiger partial charge on any atom is -0.356 e. The van der Waals surface area contributed by atoms with E-state index in [1.54, 1.807) is 0 Å². The SMILES string of the molecule is CCN1CCC(CNC(=NC)N(C)CC2CCC(C)CC2)C1. The number of hydrogen-bond donors (Lipinski definition) is 1. The van der Waals surface area contributed by atoms with Crippen molar-refractivity contribution in [3.05, 3.63) is 0 Å². The van der Waals surface area contributed by atoms with Crippen molar-refractivity contribution in [3.8, 4) is 0 Å². The van der Waals surface area contributed by atoms with Gasteiger partial charge in [-0.05, 0) is 50.1 Å². The van der Waals surface area contributed by atoms with Gasteiger partial charge in [-0.2, -0.15) is 0 Å². The first-order valence-electron chi connectivity index (χ1n) is 9.26. The summed E-state index contributed by atoms with van der Waals surface area (Å²) in [5, 5.41) is 3.60. The fourth-order valence-corrected chi connectivity index (χ4v) is 3.97. The van der Waals surface area contributed by atoms with Crippen molar-refractivity contribution in [1.82, 2.24) is 15.1 Å². The van der Waals surface area contributed by atoms with Gasteiger partial charge in [-0.3, -0.25) is 4.99 Å². The van der Waals surface area contributed by atoms with Gasteiger partial charge in [-0.25, -0.2) is 0 Å². The maximum atomic E-state index is 4.49. The molecule has 22 heavy (non-hydrogen) atoms. The summed E-state index contributed by atoms with van der Waals surface area (Å²) < 4.78 is 0. The predicted molar refractivity (Wildman–Crippen MR) is 95.3 cm³/mol. The largest absolute Gasteiger partial charge is 0.356 e. The molecule has 0 spiro atoms. The van der Waals surface area contributed by atoms with Crippen molar-refractivity contribution in [2.24, 2.45) is 22.7 Å². The van der Waals surface area contributed by atoms with Crippen LogP contribution in [0, 0.1) is 17.8 Å². The third-order valence-corrected chi connectivity index (χ3v) is 5.61. The molecule has 0 aromatic rings. The lowest BCUT2D eigenvalue weighted by Gasteiger charge is -2.31. The van der Waals surface area contributed by atoms with Crippen LogP contribution in [-0.2, 0) is 0 Å². The molecule has 4 heteroatoms. The Bertz CT molecular complexity index is 347. The van der Waals surface area contributed by atoms with Gasteiger partial charge in [0.25, 0.3) is 0 Å². The van der Waals surface area contributed by atoms with Crippen LogP contribution in [0.1, 0.15) is 46.0 Å². The lowest BCUT2D eigenvalue weighted by atomic mass is 9.83. The van der Waals surface area contributed by atoms with Crippen LogP contribution in [0.2, 0.25) is 0 Å². The molecule has 1 saturated carbocycles. The van der Waals surface area contributed by atoms with E-state index in [9.17, 15) is 0 Å². The van der Waals surface area contributed by atoms with Gasteiger partial charge in [-0.15, -0.1) is 0 Å². The maximum absolute atomic E-state index is 4.49. The Morgan fingerprint density at radius 2 is 1.91 bits per heavy atom. The van der Waals surface area contributed by atoms with Gasteiger partial charge in [0.1, 0.15) is 0 Å². The van der Waals surface area contributed by atoms with Gasteiger partial charge in [0.05, 0.1) is 0 Å². The quantitative estimate of drug-likeness (QED) is 0.626. The molecule has 1 heterocycles. The zero-order chi connectivity index (χ0) is 15.9. The third-order valence-electron chi connectivity index (χ3n) is 5.61. The number of nitrogens with one attached hydrogen (secondary N) is 1. The highest BCUT2D eigenvalue weighted by Gasteiger charge is 2.23. The van der Waals surface area contributed by atoms with Crippen molar-refractivity contribution >= 4 is 5.96 Å².